The SMILES string of the molecule is CCCC1CCc2nc(NC(=O)CN3C(=O)COc4ccccc43)sc2C1. The smallest absolute Gasteiger partial charge is 0.265 e. The highest BCUT2D eigenvalue weighted by Gasteiger charge is 2.28. The fourth-order valence-corrected chi connectivity index (χ4v) is 4.92. The number of rotatable bonds is 5. The third-order valence-electron chi connectivity index (χ3n) is 5.09. The average molecular weight is 385 g/mol. The molecule has 0 spiro atoms. The third kappa shape index (κ3) is 3.83. The van der Waals surface area contributed by atoms with E-state index in [-0.39, 0.29) is 25.0 Å². The fraction of sp³-hybridized carbons (Fsp3) is 0.450. The first-order valence-electron chi connectivity index (χ1n) is 9.44. The van der Waals surface area contributed by atoms with E-state index in [4.69, 9.17) is 4.74 Å². The van der Waals surface area contributed by atoms with E-state index in [0.717, 1.165) is 24.5 Å². The summed E-state index contributed by atoms with van der Waals surface area (Å²) in [4.78, 5) is 32.1. The van der Waals surface area contributed by atoms with Gasteiger partial charge in [0.15, 0.2) is 11.7 Å². The fourth-order valence-electron chi connectivity index (χ4n) is 3.78. The zero-order valence-electron chi connectivity index (χ0n) is 15.4. The van der Waals surface area contributed by atoms with Crippen LogP contribution in [0.3, 0.4) is 0 Å². The van der Waals surface area contributed by atoms with Gasteiger partial charge in [-0.1, -0.05) is 31.9 Å². The van der Waals surface area contributed by atoms with E-state index in [1.807, 2.05) is 12.1 Å². The zero-order valence-corrected chi connectivity index (χ0v) is 16.2. The van der Waals surface area contributed by atoms with Crippen molar-refractivity contribution < 1.29 is 14.3 Å². The lowest BCUT2D eigenvalue weighted by molar-refractivity contribution is -0.123. The van der Waals surface area contributed by atoms with Crippen LogP contribution in [-0.2, 0) is 22.4 Å². The predicted octanol–water partition coefficient (Wildman–Crippen LogP) is 3.41. The van der Waals surface area contributed by atoms with Gasteiger partial charge in [-0.2, -0.15) is 0 Å². The molecule has 1 aliphatic heterocycles. The predicted molar refractivity (Wildman–Crippen MR) is 105 cm³/mol. The van der Waals surface area contributed by atoms with Crippen LogP contribution in [0.15, 0.2) is 24.3 Å². The number of hydrogen-bond donors (Lipinski definition) is 1. The van der Waals surface area contributed by atoms with Crippen molar-refractivity contribution in [2.24, 2.45) is 5.92 Å². The van der Waals surface area contributed by atoms with Gasteiger partial charge in [0.1, 0.15) is 12.3 Å². The van der Waals surface area contributed by atoms with E-state index in [1.54, 1.807) is 23.5 Å². The Morgan fingerprint density at radius 3 is 3.11 bits per heavy atom. The minimum absolute atomic E-state index is 0.0398. The molecule has 0 saturated carbocycles. The lowest BCUT2D eigenvalue weighted by Gasteiger charge is -2.28. The molecule has 1 aromatic heterocycles. The van der Waals surface area contributed by atoms with Crippen molar-refractivity contribution in [2.45, 2.75) is 39.0 Å². The van der Waals surface area contributed by atoms with Crippen molar-refractivity contribution in [2.75, 3.05) is 23.4 Å². The summed E-state index contributed by atoms with van der Waals surface area (Å²) >= 11 is 1.57. The normalized spacial score (nSPS) is 18.5. The second-order valence-corrected chi connectivity index (χ2v) is 8.15. The van der Waals surface area contributed by atoms with E-state index < -0.39 is 0 Å². The number of ether oxygens (including phenoxy) is 1. The Bertz CT molecular complexity index is 864. The number of carbonyl (C=O) groups excluding carboxylic acids is 2. The number of fused-ring (bicyclic) bond motifs is 2. The van der Waals surface area contributed by atoms with Crippen LogP contribution >= 0.6 is 11.3 Å². The van der Waals surface area contributed by atoms with Gasteiger partial charge in [0.2, 0.25) is 5.91 Å². The molecule has 0 bridgehead atoms. The molecule has 1 aromatic carbocycles. The molecule has 7 heteroatoms. The molecule has 0 fully saturated rings. The number of amides is 2. The number of nitrogens with zero attached hydrogens (tertiary/aromatic N) is 2. The highest BCUT2D eigenvalue weighted by atomic mass is 32.1. The molecule has 0 saturated heterocycles. The average Bonchev–Trinajstić information content (AvgIpc) is 3.06. The van der Waals surface area contributed by atoms with Gasteiger partial charge in [-0.25, -0.2) is 4.98 Å². The van der Waals surface area contributed by atoms with Gasteiger partial charge in [-0.05, 0) is 37.3 Å². The zero-order chi connectivity index (χ0) is 18.8. The molecule has 6 nitrogen and oxygen atoms in total. The first kappa shape index (κ1) is 18.0. The number of anilines is 2. The highest BCUT2D eigenvalue weighted by Crippen LogP contribution is 2.34. The molecule has 4 rings (SSSR count). The van der Waals surface area contributed by atoms with E-state index in [1.165, 1.54) is 29.0 Å². The molecule has 1 unspecified atom stereocenters. The summed E-state index contributed by atoms with van der Waals surface area (Å²) in [5.74, 6) is 0.895. The molecule has 0 radical (unpaired) electrons. The number of thiazole rings is 1. The molecule has 1 N–H and O–H groups in total. The van der Waals surface area contributed by atoms with Gasteiger partial charge in [-0.3, -0.25) is 14.5 Å². The number of aromatic nitrogens is 1. The Morgan fingerprint density at radius 2 is 2.26 bits per heavy atom. The number of nitrogens with one attached hydrogen (secondary N) is 1. The van der Waals surface area contributed by atoms with Gasteiger partial charge in [0, 0.05) is 4.88 Å². The maximum atomic E-state index is 12.5. The van der Waals surface area contributed by atoms with Crippen molar-refractivity contribution in [1.29, 1.82) is 0 Å². The number of para-hydroxylation sites is 2. The van der Waals surface area contributed by atoms with E-state index in [9.17, 15) is 9.59 Å². The summed E-state index contributed by atoms with van der Waals surface area (Å²) in [6.45, 7) is 2.13. The van der Waals surface area contributed by atoms with Gasteiger partial charge >= 0.3 is 0 Å². The summed E-state index contributed by atoms with van der Waals surface area (Å²) in [5, 5.41) is 3.51. The van der Waals surface area contributed by atoms with Gasteiger partial charge in [-0.15, -0.1) is 11.3 Å². The molecule has 1 atom stereocenters. The summed E-state index contributed by atoms with van der Waals surface area (Å²) in [6.07, 6.45) is 5.68. The molecule has 27 heavy (non-hydrogen) atoms. The third-order valence-corrected chi connectivity index (χ3v) is 6.13. The topological polar surface area (TPSA) is 71.5 Å². The van der Waals surface area contributed by atoms with Crippen LogP contribution in [0.2, 0.25) is 0 Å². The second kappa shape index (κ2) is 7.68. The minimum Gasteiger partial charge on any atom is -0.482 e. The molecule has 2 heterocycles. The van der Waals surface area contributed by atoms with Gasteiger partial charge in [0.25, 0.3) is 5.91 Å². The quantitative estimate of drug-likeness (QED) is 0.856. The van der Waals surface area contributed by atoms with E-state index >= 15 is 0 Å². The monoisotopic (exact) mass is 385 g/mol. The minimum atomic E-state index is -0.240. The largest absolute Gasteiger partial charge is 0.482 e. The summed E-state index contributed by atoms with van der Waals surface area (Å²) < 4.78 is 5.42. The van der Waals surface area contributed by atoms with Crippen LogP contribution in [-0.4, -0.2) is 29.9 Å². The standard InChI is InChI=1S/C20H23N3O3S/c1-2-5-13-8-9-14-17(10-13)27-20(21-14)22-18(24)11-23-15-6-3-4-7-16(15)26-12-19(23)25/h3-4,6-7,13H,2,5,8-12H2,1H3,(H,21,22,24). The molecule has 2 aliphatic rings. The van der Waals surface area contributed by atoms with Crippen LogP contribution in [0.4, 0.5) is 10.8 Å². The second-order valence-electron chi connectivity index (χ2n) is 7.07. The van der Waals surface area contributed by atoms with Crippen LogP contribution < -0.4 is 15.0 Å². The molecule has 2 aromatic rings. The lowest BCUT2D eigenvalue weighted by atomic mass is 9.88. The Hall–Kier alpha value is -2.41. The number of benzene rings is 1. The Balaban J connectivity index is 1.43. The Labute approximate surface area is 162 Å². The van der Waals surface area contributed by atoms with Crippen molar-refractivity contribution in [3.05, 3.63) is 34.8 Å². The molecule has 2 amide bonds. The molecule has 142 valence electrons. The molecular weight excluding hydrogens is 362 g/mol. The van der Waals surface area contributed by atoms with Gasteiger partial charge < -0.3 is 10.1 Å². The summed E-state index contributed by atoms with van der Waals surface area (Å²) in [5.41, 5.74) is 1.75. The Morgan fingerprint density at radius 1 is 1.41 bits per heavy atom. The molecule has 1 aliphatic carbocycles. The van der Waals surface area contributed by atoms with Crippen LogP contribution in [0.5, 0.6) is 5.75 Å². The maximum absolute atomic E-state index is 12.5. The van der Waals surface area contributed by atoms with Crippen LogP contribution in [0, 0.1) is 5.92 Å². The first-order chi connectivity index (χ1) is 13.1. The summed E-state index contributed by atoms with van der Waals surface area (Å²) in [6, 6.07) is 7.26. The lowest BCUT2D eigenvalue weighted by Crippen LogP contribution is -2.43. The van der Waals surface area contributed by atoms with Crippen LogP contribution in [0.25, 0.3) is 0 Å². The van der Waals surface area contributed by atoms with Crippen molar-refractivity contribution >= 4 is 34.0 Å². The van der Waals surface area contributed by atoms with Crippen molar-refractivity contribution in [3.63, 3.8) is 0 Å². The number of aryl methyl sites for hydroxylation is 1. The van der Waals surface area contributed by atoms with Crippen molar-refractivity contribution in [1.82, 2.24) is 4.98 Å². The Kier molecular flexibility index (Phi) is 5.11. The number of carbonyl (C=O) groups is 2. The molecular formula is C20H23N3O3S. The van der Waals surface area contributed by atoms with E-state index in [2.05, 4.69) is 17.2 Å². The maximum Gasteiger partial charge on any atom is 0.265 e. The summed E-state index contributed by atoms with van der Waals surface area (Å²) in [7, 11) is 0. The van der Waals surface area contributed by atoms with Crippen LogP contribution in [0.1, 0.15) is 36.8 Å². The van der Waals surface area contributed by atoms with Crippen molar-refractivity contribution in [3.8, 4) is 5.75 Å². The van der Waals surface area contributed by atoms with Gasteiger partial charge in [0.05, 0.1) is 11.4 Å². The van der Waals surface area contributed by atoms with E-state index in [0.29, 0.717) is 16.6 Å². The highest BCUT2D eigenvalue weighted by molar-refractivity contribution is 7.15. The first-order valence-corrected chi connectivity index (χ1v) is 10.3. The number of hydrogen-bond acceptors (Lipinski definition) is 5.